The van der Waals surface area contributed by atoms with Gasteiger partial charge < -0.3 is 25.6 Å². The second kappa shape index (κ2) is 11.4. The molecule has 40 heavy (non-hydrogen) atoms. The van der Waals surface area contributed by atoms with E-state index in [4.69, 9.17) is 10.5 Å². The lowest BCUT2D eigenvalue weighted by molar-refractivity contribution is 0.0989. The van der Waals surface area contributed by atoms with Crippen LogP contribution in [-0.4, -0.2) is 55.8 Å². The highest BCUT2D eigenvalue weighted by atomic mass is 19.1. The van der Waals surface area contributed by atoms with Crippen molar-refractivity contribution in [2.24, 2.45) is 11.7 Å². The van der Waals surface area contributed by atoms with E-state index < -0.39 is 45.9 Å². The summed E-state index contributed by atoms with van der Waals surface area (Å²) < 4.78 is 66.5. The molecule has 3 aromatic rings. The number of pyridine rings is 1. The number of carbonyl (C=O) groups is 1. The third kappa shape index (κ3) is 5.48. The Balaban J connectivity index is 1.47. The minimum Gasteiger partial charge on any atom is -0.377 e. The van der Waals surface area contributed by atoms with E-state index in [0.29, 0.717) is 50.1 Å². The molecular weight excluding hydrogens is 526 g/mol. The van der Waals surface area contributed by atoms with Crippen LogP contribution in [0.15, 0.2) is 42.7 Å². The Morgan fingerprint density at radius 2 is 1.80 bits per heavy atom. The lowest BCUT2D eigenvalue weighted by Crippen LogP contribution is -2.46. The highest BCUT2D eigenvalue weighted by Crippen LogP contribution is 2.36. The third-order valence-corrected chi connectivity index (χ3v) is 7.39. The molecule has 212 valence electrons. The number of aromatic nitrogens is 1. The molecule has 2 fully saturated rings. The van der Waals surface area contributed by atoms with Crippen molar-refractivity contribution < 1.29 is 27.1 Å². The number of ether oxygens (including phenoxy) is 1. The summed E-state index contributed by atoms with van der Waals surface area (Å²) >= 11 is 0. The third-order valence-electron chi connectivity index (χ3n) is 7.39. The normalized spacial score (nSPS) is 21.4. The van der Waals surface area contributed by atoms with E-state index >= 15 is 13.2 Å². The summed E-state index contributed by atoms with van der Waals surface area (Å²) in [7, 11) is 0. The summed E-state index contributed by atoms with van der Waals surface area (Å²) in [5, 5.41) is 2.63. The molecule has 0 saturated carbocycles. The quantitative estimate of drug-likeness (QED) is 0.432. The molecule has 2 saturated heterocycles. The molecule has 7 nitrogen and oxygen atoms in total. The number of nitrogens with two attached hydrogens (primary N) is 1. The van der Waals surface area contributed by atoms with Gasteiger partial charge in [-0.25, -0.2) is 17.6 Å². The maximum Gasteiger partial charge on any atom is 0.258 e. The summed E-state index contributed by atoms with van der Waals surface area (Å²) in [6.45, 7) is 6.37. The molecule has 0 spiro atoms. The summed E-state index contributed by atoms with van der Waals surface area (Å²) in [5.41, 5.74) is 4.97. The number of morpholine rings is 1. The van der Waals surface area contributed by atoms with Crippen molar-refractivity contribution in [3.8, 4) is 11.1 Å². The fraction of sp³-hybridized carbons (Fsp3) is 0.379. The Labute approximate surface area is 229 Å². The second-order valence-electron chi connectivity index (χ2n) is 10.5. The number of piperidine rings is 1. The first-order chi connectivity index (χ1) is 19.1. The Hall–Kier alpha value is -3.70. The number of halogens is 4. The van der Waals surface area contributed by atoms with Crippen molar-refractivity contribution >= 4 is 23.0 Å². The highest BCUT2D eigenvalue weighted by Gasteiger charge is 2.29. The van der Waals surface area contributed by atoms with Gasteiger partial charge in [-0.05, 0) is 49.6 Å². The summed E-state index contributed by atoms with van der Waals surface area (Å²) in [6.07, 6.45) is 3.86. The minimum absolute atomic E-state index is 0.0554. The largest absolute Gasteiger partial charge is 0.377 e. The highest BCUT2D eigenvalue weighted by molar-refractivity contribution is 6.06. The van der Waals surface area contributed by atoms with Gasteiger partial charge in [0.15, 0.2) is 0 Å². The van der Waals surface area contributed by atoms with Crippen LogP contribution in [0.5, 0.6) is 0 Å². The zero-order valence-corrected chi connectivity index (χ0v) is 22.3. The lowest BCUT2D eigenvalue weighted by atomic mass is 9.96. The van der Waals surface area contributed by atoms with Crippen LogP contribution in [0.3, 0.4) is 0 Å². The molecule has 11 heteroatoms. The number of carbonyl (C=O) groups excluding carboxylic acids is 1. The van der Waals surface area contributed by atoms with Gasteiger partial charge in [0.2, 0.25) is 0 Å². The maximum atomic E-state index is 15.7. The molecule has 0 radical (unpaired) electrons. The van der Waals surface area contributed by atoms with E-state index in [-0.39, 0.29) is 17.8 Å². The van der Waals surface area contributed by atoms with Crippen molar-refractivity contribution in [3.63, 3.8) is 0 Å². The molecule has 1 aromatic heterocycles. The lowest BCUT2D eigenvalue weighted by Gasteiger charge is -2.37. The Morgan fingerprint density at radius 3 is 2.50 bits per heavy atom. The predicted molar refractivity (Wildman–Crippen MR) is 145 cm³/mol. The fourth-order valence-corrected chi connectivity index (χ4v) is 5.58. The molecule has 0 unspecified atom stereocenters. The zero-order chi connectivity index (χ0) is 28.6. The monoisotopic (exact) mass is 557 g/mol. The van der Waals surface area contributed by atoms with E-state index in [1.54, 1.807) is 17.2 Å². The van der Waals surface area contributed by atoms with Crippen LogP contribution >= 0.6 is 0 Å². The van der Waals surface area contributed by atoms with Gasteiger partial charge in [-0.2, -0.15) is 0 Å². The first kappa shape index (κ1) is 27.9. The van der Waals surface area contributed by atoms with Crippen molar-refractivity contribution in [1.29, 1.82) is 0 Å². The number of hydrogen-bond acceptors (Lipinski definition) is 6. The van der Waals surface area contributed by atoms with Gasteiger partial charge in [-0.3, -0.25) is 9.78 Å². The Morgan fingerprint density at radius 1 is 1.05 bits per heavy atom. The van der Waals surface area contributed by atoms with Gasteiger partial charge in [0.25, 0.3) is 5.91 Å². The summed E-state index contributed by atoms with van der Waals surface area (Å²) in [4.78, 5) is 21.1. The smallest absolute Gasteiger partial charge is 0.258 e. The van der Waals surface area contributed by atoms with Crippen LogP contribution in [0, 0.1) is 29.2 Å². The summed E-state index contributed by atoms with van der Waals surface area (Å²) in [5.74, 6) is -5.45. The summed E-state index contributed by atoms with van der Waals surface area (Å²) in [6, 6.07) is 5.36. The van der Waals surface area contributed by atoms with E-state index in [0.717, 1.165) is 30.7 Å². The standard InChI is InChI=1S/C29H31F4N5O2/c1-16-9-18(34)14-37(13-16)25-5-6-35-12-24(25)36-29(39)20-3-4-21(30)27(28(20)33)26-22(31)10-19(11-23(26)32)38-7-8-40-15-17(38)2/h3-6,10-12,16-18H,7-9,13-15,34H2,1-2H3,(H,36,39)/t16-,17-,18+/m1/s1. The molecule has 2 aromatic carbocycles. The first-order valence-electron chi connectivity index (χ1n) is 13.2. The molecular formula is C29H31F4N5O2. The van der Waals surface area contributed by atoms with Crippen LogP contribution < -0.4 is 20.9 Å². The second-order valence-corrected chi connectivity index (χ2v) is 10.5. The number of nitrogens with one attached hydrogen (secondary N) is 1. The number of benzene rings is 2. The molecule has 0 bridgehead atoms. The molecule has 3 atom stereocenters. The van der Waals surface area contributed by atoms with Gasteiger partial charge in [0, 0.05) is 43.6 Å². The van der Waals surface area contributed by atoms with Gasteiger partial charge in [-0.15, -0.1) is 0 Å². The number of amides is 1. The minimum atomic E-state index is -1.37. The topological polar surface area (TPSA) is 83.7 Å². The van der Waals surface area contributed by atoms with Gasteiger partial charge in [0.1, 0.15) is 23.3 Å². The molecule has 3 heterocycles. The number of hydrogen-bond donors (Lipinski definition) is 2. The SMILES string of the molecule is C[C@@H]1C[C@H](N)CN(c2ccncc2NC(=O)c2ccc(F)c(-c3c(F)cc(N4CCOC[C@H]4C)cc3F)c2F)C1. The number of rotatable bonds is 5. The van der Waals surface area contributed by atoms with Crippen LogP contribution in [-0.2, 0) is 4.74 Å². The number of anilines is 3. The average molecular weight is 558 g/mol. The fourth-order valence-electron chi connectivity index (χ4n) is 5.58. The van der Waals surface area contributed by atoms with E-state index in [1.807, 2.05) is 11.8 Å². The zero-order valence-electron chi connectivity index (χ0n) is 22.3. The van der Waals surface area contributed by atoms with Crippen molar-refractivity contribution in [3.05, 3.63) is 71.6 Å². The van der Waals surface area contributed by atoms with Crippen molar-refractivity contribution in [1.82, 2.24) is 4.98 Å². The Kier molecular flexibility index (Phi) is 7.95. The molecule has 1 amide bonds. The average Bonchev–Trinajstić information content (AvgIpc) is 2.90. The molecule has 0 aliphatic carbocycles. The first-order valence-corrected chi connectivity index (χ1v) is 13.2. The van der Waals surface area contributed by atoms with Crippen LogP contribution in [0.4, 0.5) is 34.6 Å². The van der Waals surface area contributed by atoms with Crippen LogP contribution in [0.2, 0.25) is 0 Å². The molecule has 2 aliphatic rings. The number of nitrogens with zero attached hydrogens (tertiary/aromatic N) is 3. The van der Waals surface area contributed by atoms with Crippen molar-refractivity contribution in [2.75, 3.05) is 48.0 Å². The molecule has 2 aliphatic heterocycles. The van der Waals surface area contributed by atoms with Gasteiger partial charge in [-0.1, -0.05) is 6.92 Å². The van der Waals surface area contributed by atoms with E-state index in [1.165, 1.54) is 6.20 Å². The Bertz CT molecular complexity index is 1390. The van der Waals surface area contributed by atoms with Gasteiger partial charge >= 0.3 is 0 Å². The van der Waals surface area contributed by atoms with E-state index in [2.05, 4.69) is 17.2 Å². The predicted octanol–water partition coefficient (Wildman–Crippen LogP) is 4.96. The maximum absolute atomic E-state index is 15.7. The van der Waals surface area contributed by atoms with E-state index in [9.17, 15) is 9.18 Å². The van der Waals surface area contributed by atoms with Crippen LogP contribution in [0.25, 0.3) is 11.1 Å². The molecule has 5 rings (SSSR count). The van der Waals surface area contributed by atoms with Crippen molar-refractivity contribution in [2.45, 2.75) is 32.4 Å². The van der Waals surface area contributed by atoms with Gasteiger partial charge in [0.05, 0.1) is 47.5 Å². The van der Waals surface area contributed by atoms with Crippen LogP contribution in [0.1, 0.15) is 30.6 Å². The molecule has 3 N–H and O–H groups in total.